The monoisotopic (exact) mass is 394 g/mol. The molecule has 0 amide bonds. The van der Waals surface area contributed by atoms with Crippen LogP contribution in [0.25, 0.3) is 0 Å². The van der Waals surface area contributed by atoms with E-state index in [-0.39, 0.29) is 22.4 Å². The molecule has 0 aromatic rings. The quantitative estimate of drug-likeness (QED) is 0.455. The lowest BCUT2D eigenvalue weighted by molar-refractivity contribution is -0.160. The van der Waals surface area contributed by atoms with Crippen LogP contribution < -0.4 is 0 Å². The summed E-state index contributed by atoms with van der Waals surface area (Å²) >= 11 is 0. The second-order valence-corrected chi connectivity index (χ2v) is 10.7. The van der Waals surface area contributed by atoms with Gasteiger partial charge in [-0.15, -0.1) is 6.58 Å². The lowest BCUT2D eigenvalue weighted by Gasteiger charge is -2.57. The first-order chi connectivity index (χ1) is 13.8. The van der Waals surface area contributed by atoms with Crippen LogP contribution in [0.2, 0.25) is 0 Å². The van der Waals surface area contributed by atoms with Gasteiger partial charge in [0.05, 0.1) is 0 Å². The molecule has 156 valence electrons. The van der Waals surface area contributed by atoms with E-state index in [0.29, 0.717) is 36.4 Å². The van der Waals surface area contributed by atoms with Crippen LogP contribution >= 0.6 is 0 Å². The van der Waals surface area contributed by atoms with Crippen molar-refractivity contribution in [3.63, 3.8) is 0 Å². The van der Waals surface area contributed by atoms with Gasteiger partial charge in [0, 0.05) is 23.7 Å². The Balaban J connectivity index is 1.59. The topological polar surface area (TPSA) is 43.4 Å². The van der Waals surface area contributed by atoms with Crippen molar-refractivity contribution >= 4 is 11.8 Å². The molecule has 0 N–H and O–H groups in total. The Morgan fingerprint density at radius 2 is 2.03 bits per heavy atom. The summed E-state index contributed by atoms with van der Waals surface area (Å²) in [4.78, 5) is 24.3. The largest absolute Gasteiger partial charge is 0.458 e. The van der Waals surface area contributed by atoms with Crippen LogP contribution in [0.15, 0.2) is 36.0 Å². The Hall–Kier alpha value is -1.64. The number of ketones is 1. The summed E-state index contributed by atoms with van der Waals surface area (Å²) in [7, 11) is 0. The number of fused-ring (bicyclic) bond motifs is 6. The summed E-state index contributed by atoms with van der Waals surface area (Å²) in [6, 6.07) is 0. The fourth-order valence-electron chi connectivity index (χ4n) is 7.89. The maximum atomic E-state index is 12.2. The normalized spacial score (nSPS) is 45.8. The van der Waals surface area contributed by atoms with Crippen LogP contribution in [0.3, 0.4) is 0 Å². The third-order valence-corrected chi connectivity index (χ3v) is 9.58. The number of allylic oxidation sites excluding steroid dienone is 5. The minimum absolute atomic E-state index is 0.00326. The van der Waals surface area contributed by atoms with Gasteiger partial charge in [0.25, 0.3) is 0 Å². The molecule has 0 aromatic heterocycles. The van der Waals surface area contributed by atoms with E-state index in [1.165, 1.54) is 5.57 Å². The lowest BCUT2D eigenvalue weighted by Crippen LogP contribution is -2.52. The van der Waals surface area contributed by atoms with Crippen molar-refractivity contribution in [2.45, 2.75) is 83.7 Å². The third-order valence-electron chi connectivity index (χ3n) is 9.58. The summed E-state index contributed by atoms with van der Waals surface area (Å²) in [5.41, 5.74) is 2.81. The van der Waals surface area contributed by atoms with Gasteiger partial charge in [-0.2, -0.15) is 0 Å². The Bertz CT molecular complexity index is 835. The fraction of sp³-hybridized carbons (Fsp3) is 0.692. The van der Waals surface area contributed by atoms with Crippen molar-refractivity contribution < 1.29 is 14.3 Å². The van der Waals surface area contributed by atoms with Crippen LogP contribution in [0.1, 0.15) is 78.1 Å². The van der Waals surface area contributed by atoms with Crippen molar-refractivity contribution in [2.75, 3.05) is 0 Å². The first kappa shape index (κ1) is 19.3. The van der Waals surface area contributed by atoms with Crippen LogP contribution in [0, 0.1) is 28.6 Å². The summed E-state index contributed by atoms with van der Waals surface area (Å²) in [6.07, 6.45) is 16.0. The van der Waals surface area contributed by atoms with E-state index in [1.54, 1.807) is 5.57 Å². The van der Waals surface area contributed by atoms with E-state index in [2.05, 4.69) is 26.5 Å². The molecule has 0 bridgehead atoms. The number of carbonyl (C=O) groups is 2. The predicted octanol–water partition coefficient (Wildman–Crippen LogP) is 5.71. The average molecular weight is 395 g/mol. The van der Waals surface area contributed by atoms with E-state index in [1.807, 2.05) is 12.2 Å². The molecule has 1 heterocycles. The van der Waals surface area contributed by atoms with E-state index < -0.39 is 0 Å². The van der Waals surface area contributed by atoms with Crippen LogP contribution in [-0.2, 0) is 14.3 Å². The van der Waals surface area contributed by atoms with Crippen LogP contribution in [0.5, 0.6) is 0 Å². The zero-order chi connectivity index (χ0) is 20.4. The molecule has 4 aliphatic carbocycles. The molecule has 3 nitrogen and oxygen atoms in total. The number of hydrogen-bond donors (Lipinski definition) is 0. The van der Waals surface area contributed by atoms with Gasteiger partial charge in [0.2, 0.25) is 0 Å². The van der Waals surface area contributed by atoms with Crippen molar-refractivity contribution in [1.29, 1.82) is 0 Å². The maximum absolute atomic E-state index is 12.2. The van der Waals surface area contributed by atoms with Crippen molar-refractivity contribution in [3.8, 4) is 0 Å². The summed E-state index contributed by atoms with van der Waals surface area (Å²) in [5.74, 6) is 1.97. The van der Waals surface area contributed by atoms with Gasteiger partial charge < -0.3 is 4.74 Å². The predicted molar refractivity (Wildman–Crippen MR) is 113 cm³/mol. The standard InChI is InChI=1S/C26H34O3/c1-4-5-6-17-15-18-16-19(27)7-11-24(18,2)20-8-12-25(3)21(23(17)20)9-13-26(25)14-10-22(28)29-26/h4,8,16-17,21,23H,1,5-7,9-15H2,2-3H3/t17-,21?,23?,24+,25+,26-/m1/s1. The van der Waals surface area contributed by atoms with Gasteiger partial charge in [0.15, 0.2) is 5.78 Å². The number of rotatable bonds is 3. The fourth-order valence-corrected chi connectivity index (χ4v) is 7.89. The maximum Gasteiger partial charge on any atom is 0.306 e. The Morgan fingerprint density at radius 3 is 2.76 bits per heavy atom. The molecule has 3 heteroatoms. The van der Waals surface area contributed by atoms with E-state index in [4.69, 9.17) is 4.74 Å². The minimum atomic E-state index is -0.251. The molecule has 5 rings (SSSR count). The van der Waals surface area contributed by atoms with Crippen LogP contribution in [0.4, 0.5) is 0 Å². The molecule has 1 spiro atoms. The van der Waals surface area contributed by atoms with Gasteiger partial charge in [0.1, 0.15) is 5.60 Å². The molecular formula is C26H34O3. The third kappa shape index (κ3) is 2.55. The average Bonchev–Trinajstić information content (AvgIpc) is 3.21. The Labute approximate surface area is 174 Å². The Kier molecular flexibility index (Phi) is 4.28. The van der Waals surface area contributed by atoms with Gasteiger partial charge in [-0.05, 0) is 75.2 Å². The summed E-state index contributed by atoms with van der Waals surface area (Å²) < 4.78 is 6.08. The first-order valence-corrected chi connectivity index (χ1v) is 11.6. The zero-order valence-corrected chi connectivity index (χ0v) is 18.0. The summed E-state index contributed by atoms with van der Waals surface area (Å²) in [6.45, 7) is 8.75. The minimum Gasteiger partial charge on any atom is -0.458 e. The Morgan fingerprint density at radius 1 is 1.21 bits per heavy atom. The molecule has 0 aromatic carbocycles. The number of hydrogen-bond acceptors (Lipinski definition) is 3. The summed E-state index contributed by atoms with van der Waals surface area (Å²) in [5, 5.41) is 0. The van der Waals surface area contributed by atoms with Gasteiger partial charge in [-0.25, -0.2) is 0 Å². The molecular weight excluding hydrogens is 360 g/mol. The molecule has 1 saturated heterocycles. The molecule has 1 aliphatic heterocycles. The lowest BCUT2D eigenvalue weighted by atomic mass is 9.47. The van der Waals surface area contributed by atoms with E-state index in [9.17, 15) is 9.59 Å². The van der Waals surface area contributed by atoms with Crippen molar-refractivity contribution in [2.24, 2.45) is 28.6 Å². The molecule has 3 fully saturated rings. The van der Waals surface area contributed by atoms with E-state index >= 15 is 0 Å². The van der Waals surface area contributed by atoms with Crippen molar-refractivity contribution in [3.05, 3.63) is 36.0 Å². The molecule has 6 atom stereocenters. The highest BCUT2D eigenvalue weighted by Gasteiger charge is 2.66. The SMILES string of the molecule is C=CCC[C@@H]1CC2=CC(=O)CC[C@]2(C)C2=CC[C@@]3(C)C(CC[C@@]34CCC(=O)O4)C21. The number of esters is 1. The van der Waals surface area contributed by atoms with Gasteiger partial charge >= 0.3 is 5.97 Å². The second kappa shape index (κ2) is 6.43. The van der Waals surface area contributed by atoms with Gasteiger partial charge in [-0.3, -0.25) is 9.59 Å². The number of carbonyl (C=O) groups excluding carboxylic acids is 2. The smallest absolute Gasteiger partial charge is 0.306 e. The van der Waals surface area contributed by atoms with E-state index in [0.717, 1.165) is 51.4 Å². The second-order valence-electron chi connectivity index (χ2n) is 10.7. The molecule has 5 aliphatic rings. The highest BCUT2D eigenvalue weighted by molar-refractivity contribution is 5.92. The highest BCUT2D eigenvalue weighted by Crippen LogP contribution is 2.69. The molecule has 29 heavy (non-hydrogen) atoms. The molecule has 2 unspecified atom stereocenters. The van der Waals surface area contributed by atoms with Crippen molar-refractivity contribution in [1.82, 2.24) is 0 Å². The highest BCUT2D eigenvalue weighted by atomic mass is 16.6. The first-order valence-electron chi connectivity index (χ1n) is 11.6. The zero-order valence-electron chi connectivity index (χ0n) is 18.0. The molecule has 2 saturated carbocycles. The van der Waals surface area contributed by atoms with Crippen LogP contribution in [-0.4, -0.2) is 17.4 Å². The number of ether oxygens (including phenoxy) is 1. The molecule has 0 radical (unpaired) electrons. The van der Waals surface area contributed by atoms with Gasteiger partial charge in [-0.1, -0.05) is 37.1 Å².